The van der Waals surface area contributed by atoms with Crippen molar-refractivity contribution in [1.29, 1.82) is 0 Å². The van der Waals surface area contributed by atoms with Gasteiger partial charge in [-0.25, -0.2) is 0 Å². The Balaban J connectivity index is 1.77. The van der Waals surface area contributed by atoms with Gasteiger partial charge in [0.05, 0.1) is 13.5 Å². The minimum Gasteiger partial charge on any atom is -0.497 e. The van der Waals surface area contributed by atoms with Crippen LogP contribution in [0.1, 0.15) is 44.5 Å². The van der Waals surface area contributed by atoms with Crippen LogP contribution >= 0.6 is 0 Å². The fourth-order valence-corrected chi connectivity index (χ4v) is 2.50. The minimum atomic E-state index is -1.18. The Morgan fingerprint density at radius 1 is 1.17 bits per heavy atom. The number of hydrogen-bond acceptors (Lipinski definition) is 4. The molecule has 3 rings (SSSR count). The zero-order valence-corrected chi connectivity index (χ0v) is 14.3. The second-order valence-electron chi connectivity index (χ2n) is 6.78. The number of hydrogen-bond donors (Lipinski definition) is 0. The van der Waals surface area contributed by atoms with Crippen LogP contribution < -0.4 is 14.2 Å². The van der Waals surface area contributed by atoms with E-state index in [1.54, 1.807) is 24.3 Å². The highest BCUT2D eigenvalue weighted by molar-refractivity contribution is 5.96. The van der Waals surface area contributed by atoms with Gasteiger partial charge in [-0.3, -0.25) is 4.79 Å². The first-order valence-electron chi connectivity index (χ1n) is 8.45. The lowest BCUT2D eigenvalue weighted by Gasteiger charge is -2.18. The third-order valence-electron chi connectivity index (χ3n) is 3.94. The Kier molecular flexibility index (Phi) is 3.89. The third kappa shape index (κ3) is 3.37. The summed E-state index contributed by atoms with van der Waals surface area (Å²) in [5, 5.41) is 0. The summed E-state index contributed by atoms with van der Waals surface area (Å²) < 4.78 is 24.8. The molecule has 2 unspecified atom stereocenters. The molecule has 0 spiro atoms. The van der Waals surface area contributed by atoms with Crippen LogP contribution in [0.4, 0.5) is 0 Å². The van der Waals surface area contributed by atoms with Crippen LogP contribution in [0.25, 0.3) is 0 Å². The van der Waals surface area contributed by atoms with Crippen molar-refractivity contribution in [3.05, 3.63) is 53.6 Å². The van der Waals surface area contributed by atoms with E-state index < -0.39 is 12.7 Å². The van der Waals surface area contributed by atoms with E-state index in [9.17, 15) is 4.79 Å². The van der Waals surface area contributed by atoms with Crippen LogP contribution in [-0.2, 0) is 5.41 Å². The zero-order chi connectivity index (χ0) is 18.2. The average Bonchev–Trinajstić information content (AvgIpc) is 3.03. The average molecular weight is 327 g/mol. The second kappa shape index (κ2) is 6.19. The number of carbonyl (C=O) groups is 1. The van der Waals surface area contributed by atoms with Crippen molar-refractivity contribution in [2.75, 3.05) is 7.11 Å². The van der Waals surface area contributed by atoms with Crippen molar-refractivity contribution in [3.8, 4) is 17.2 Å². The van der Waals surface area contributed by atoms with Gasteiger partial charge in [0, 0.05) is 6.93 Å². The Labute approximate surface area is 143 Å². The van der Waals surface area contributed by atoms with Gasteiger partial charge in [-0.15, -0.1) is 0 Å². The van der Waals surface area contributed by atoms with Crippen molar-refractivity contribution in [1.82, 2.24) is 0 Å². The Bertz CT molecular complexity index is 795. The van der Waals surface area contributed by atoms with Crippen molar-refractivity contribution in [2.45, 2.75) is 38.9 Å². The van der Waals surface area contributed by atoms with Gasteiger partial charge < -0.3 is 14.2 Å². The van der Waals surface area contributed by atoms with E-state index in [1.165, 1.54) is 7.11 Å². The van der Waals surface area contributed by atoms with E-state index in [1.807, 2.05) is 18.2 Å². The zero-order valence-electron chi connectivity index (χ0n) is 15.3. The van der Waals surface area contributed by atoms with Crippen LogP contribution in [0.3, 0.4) is 0 Å². The number of fused-ring (bicyclic) bond motifs is 1. The molecule has 0 amide bonds. The van der Waals surface area contributed by atoms with E-state index in [0.29, 0.717) is 22.8 Å². The van der Waals surface area contributed by atoms with Gasteiger partial charge in [-0.1, -0.05) is 39.0 Å². The second-order valence-corrected chi connectivity index (χ2v) is 6.78. The van der Waals surface area contributed by atoms with E-state index >= 15 is 0 Å². The number of ether oxygens (including phenoxy) is 3. The monoisotopic (exact) mass is 327 g/mol. The molecule has 0 radical (unpaired) electrons. The maximum absolute atomic E-state index is 12.6. The molecule has 2 aromatic carbocycles. The summed E-state index contributed by atoms with van der Waals surface area (Å²) in [5.41, 5.74) is 1.49. The number of rotatable bonds is 4. The molecule has 1 aliphatic heterocycles. The molecule has 126 valence electrons. The minimum absolute atomic E-state index is 0.0206. The SMILES string of the molecule is [2H]C(C(=O)c1cccc(OC)c1)C1Oc2ccc(C(C)(C)C)cc2O1. The van der Waals surface area contributed by atoms with Gasteiger partial charge in [0.1, 0.15) is 5.75 Å². The van der Waals surface area contributed by atoms with Crippen LogP contribution in [0, 0.1) is 0 Å². The molecule has 0 aliphatic carbocycles. The molecule has 0 aromatic heterocycles. The summed E-state index contributed by atoms with van der Waals surface area (Å²) in [6.07, 6.45) is -2.14. The molecule has 0 fully saturated rings. The Morgan fingerprint density at radius 2 is 1.92 bits per heavy atom. The highest BCUT2D eigenvalue weighted by Crippen LogP contribution is 2.39. The van der Waals surface area contributed by atoms with Crippen molar-refractivity contribution < 1.29 is 20.4 Å². The summed E-state index contributed by atoms with van der Waals surface area (Å²) in [4.78, 5) is 12.6. The lowest BCUT2D eigenvalue weighted by atomic mass is 9.87. The molecule has 1 heterocycles. The van der Waals surface area contributed by atoms with Gasteiger partial charge in [-0.2, -0.15) is 0 Å². The molecule has 0 bridgehead atoms. The predicted molar refractivity (Wildman–Crippen MR) is 92.1 cm³/mol. The van der Waals surface area contributed by atoms with Crippen molar-refractivity contribution in [2.24, 2.45) is 0 Å². The quantitative estimate of drug-likeness (QED) is 0.783. The van der Waals surface area contributed by atoms with Crippen LogP contribution in [-0.4, -0.2) is 19.2 Å². The number of methoxy groups -OCH3 is 1. The maximum Gasteiger partial charge on any atom is 0.248 e. The molecule has 2 aromatic rings. The lowest BCUT2D eigenvalue weighted by Crippen LogP contribution is -2.22. The fourth-order valence-electron chi connectivity index (χ4n) is 2.50. The molecule has 2 atom stereocenters. The Morgan fingerprint density at radius 3 is 2.62 bits per heavy atom. The predicted octanol–water partition coefficient (Wildman–Crippen LogP) is 4.36. The van der Waals surface area contributed by atoms with E-state index in [2.05, 4.69) is 20.8 Å². The van der Waals surface area contributed by atoms with Gasteiger partial charge in [0.2, 0.25) is 6.29 Å². The molecule has 24 heavy (non-hydrogen) atoms. The summed E-state index contributed by atoms with van der Waals surface area (Å²) >= 11 is 0. The molecule has 4 nitrogen and oxygen atoms in total. The molecule has 0 saturated carbocycles. The highest BCUT2D eigenvalue weighted by Gasteiger charge is 2.28. The van der Waals surface area contributed by atoms with Crippen LogP contribution in [0.2, 0.25) is 0 Å². The largest absolute Gasteiger partial charge is 0.497 e. The topological polar surface area (TPSA) is 44.8 Å². The number of carbonyl (C=O) groups excluding carboxylic acids is 1. The number of ketones is 1. The van der Waals surface area contributed by atoms with Crippen LogP contribution in [0.15, 0.2) is 42.5 Å². The molecular weight excluding hydrogens is 304 g/mol. The molecule has 0 N–H and O–H groups in total. The van der Waals surface area contributed by atoms with Crippen molar-refractivity contribution in [3.63, 3.8) is 0 Å². The van der Waals surface area contributed by atoms with Gasteiger partial charge >= 0.3 is 0 Å². The van der Waals surface area contributed by atoms with E-state index in [-0.39, 0.29) is 11.2 Å². The van der Waals surface area contributed by atoms with E-state index in [0.717, 1.165) is 5.56 Å². The molecule has 4 heteroatoms. The Hall–Kier alpha value is -2.49. The third-order valence-corrected chi connectivity index (χ3v) is 3.94. The normalized spacial score (nSPS) is 18.0. The summed E-state index contributed by atoms with van der Waals surface area (Å²) in [5.74, 6) is 1.35. The molecular formula is C20H22O4. The molecule has 1 aliphatic rings. The summed E-state index contributed by atoms with van der Waals surface area (Å²) in [6.45, 7) is 6.34. The standard InChI is InChI=1S/C20H22O4/c1-20(2,3)14-8-9-17-18(11-14)24-19(23-17)12-16(21)13-6-5-7-15(10-13)22-4/h5-11,19H,12H2,1-4H3/i12D. The van der Waals surface area contributed by atoms with Gasteiger partial charge in [-0.05, 0) is 35.2 Å². The first-order valence-corrected chi connectivity index (χ1v) is 7.88. The van der Waals surface area contributed by atoms with Gasteiger partial charge in [0.15, 0.2) is 17.3 Å². The van der Waals surface area contributed by atoms with Crippen molar-refractivity contribution >= 4 is 5.78 Å². The maximum atomic E-state index is 12.6. The lowest BCUT2D eigenvalue weighted by molar-refractivity contribution is 0.0392. The number of Topliss-reactive ketones (excluding diaryl/α,β-unsaturated/α-hetero) is 1. The smallest absolute Gasteiger partial charge is 0.248 e. The number of benzene rings is 2. The van der Waals surface area contributed by atoms with Gasteiger partial charge in [0.25, 0.3) is 0 Å². The summed E-state index contributed by atoms with van der Waals surface area (Å²) in [6, 6.07) is 12.5. The van der Waals surface area contributed by atoms with E-state index in [4.69, 9.17) is 15.6 Å². The first-order chi connectivity index (χ1) is 11.8. The molecule has 0 saturated heterocycles. The first kappa shape index (κ1) is 15.1. The summed E-state index contributed by atoms with van der Waals surface area (Å²) in [7, 11) is 1.54. The highest BCUT2D eigenvalue weighted by atomic mass is 16.7. The van der Waals surface area contributed by atoms with Crippen LogP contribution in [0.5, 0.6) is 17.2 Å². The fraction of sp³-hybridized carbons (Fsp3) is 0.350.